The summed E-state index contributed by atoms with van der Waals surface area (Å²) in [6, 6.07) is 0. The van der Waals surface area contributed by atoms with Crippen molar-refractivity contribution in [3.05, 3.63) is 11.6 Å². The minimum Gasteiger partial charge on any atom is -0.393 e. The van der Waals surface area contributed by atoms with E-state index in [0.29, 0.717) is 17.3 Å². The van der Waals surface area contributed by atoms with E-state index in [-0.39, 0.29) is 33.9 Å². The largest absolute Gasteiger partial charge is 0.393 e. The first-order chi connectivity index (χ1) is 14.7. The zero-order valence-electron chi connectivity index (χ0n) is 22.2. The molecule has 2 heteroatoms. The summed E-state index contributed by atoms with van der Waals surface area (Å²) in [5.74, 6) is 3.16. The average molecular weight is 443 g/mol. The van der Waals surface area contributed by atoms with Crippen LogP contribution in [0.2, 0.25) is 0 Å². The van der Waals surface area contributed by atoms with Crippen LogP contribution >= 0.6 is 0 Å². The summed E-state index contributed by atoms with van der Waals surface area (Å²) >= 11 is 0. The van der Waals surface area contributed by atoms with Crippen molar-refractivity contribution in [1.82, 2.24) is 0 Å². The molecule has 2 nitrogen and oxygen atoms in total. The Morgan fingerprint density at radius 1 is 0.812 bits per heavy atom. The molecule has 0 aromatic rings. The Bertz CT molecular complexity index is 814. The van der Waals surface area contributed by atoms with Gasteiger partial charge < -0.3 is 10.2 Å². The van der Waals surface area contributed by atoms with Gasteiger partial charge in [0.15, 0.2) is 0 Å². The quantitative estimate of drug-likeness (QED) is 0.397. The monoisotopic (exact) mass is 442 g/mol. The van der Waals surface area contributed by atoms with Crippen LogP contribution in [-0.4, -0.2) is 22.4 Å². The van der Waals surface area contributed by atoms with Crippen molar-refractivity contribution in [3.8, 4) is 0 Å². The highest BCUT2D eigenvalue weighted by atomic mass is 16.3. The minimum absolute atomic E-state index is 0.122. The smallest absolute Gasteiger partial charge is 0.0637 e. The van der Waals surface area contributed by atoms with Gasteiger partial charge in [0.2, 0.25) is 0 Å². The van der Waals surface area contributed by atoms with Crippen LogP contribution in [-0.2, 0) is 0 Å². The number of hydrogen-bond donors (Lipinski definition) is 2. The van der Waals surface area contributed by atoms with Crippen molar-refractivity contribution < 1.29 is 10.2 Å². The fraction of sp³-hybridized carbons (Fsp3) is 0.933. The lowest BCUT2D eigenvalue weighted by Crippen LogP contribution is -2.67. The Balaban J connectivity index is 1.61. The summed E-state index contributed by atoms with van der Waals surface area (Å²) in [6.45, 7) is 19.7. The SMILES string of the molecule is C[C@H]1[C@H](C)CC[C@]2(C)CC=C3[C@]4(C)[C@H](O)C[C@H]5C(C)(C)[C@@H](O)CC[C@]5(C)[C@H]4CC[C@@]3(C)[C@H]12. The van der Waals surface area contributed by atoms with Gasteiger partial charge in [-0.3, -0.25) is 0 Å². The lowest BCUT2D eigenvalue weighted by atomic mass is 9.34. The molecule has 0 radical (unpaired) electrons. The summed E-state index contributed by atoms with van der Waals surface area (Å²) in [7, 11) is 0. The highest BCUT2D eigenvalue weighted by molar-refractivity contribution is 5.36. The van der Waals surface area contributed by atoms with Crippen LogP contribution in [0.15, 0.2) is 11.6 Å². The fourth-order valence-electron chi connectivity index (χ4n) is 11.3. The van der Waals surface area contributed by atoms with Crippen LogP contribution in [0, 0.1) is 56.7 Å². The van der Waals surface area contributed by atoms with E-state index in [1.165, 1.54) is 32.1 Å². The van der Waals surface area contributed by atoms with Gasteiger partial charge in [0.05, 0.1) is 12.2 Å². The maximum absolute atomic E-state index is 11.9. The number of allylic oxidation sites excluding steroid dienone is 1. The van der Waals surface area contributed by atoms with Crippen LogP contribution in [0.25, 0.3) is 0 Å². The average Bonchev–Trinajstić information content (AvgIpc) is 2.70. The number of fused-ring (bicyclic) bond motifs is 7. The van der Waals surface area contributed by atoms with Crippen LogP contribution in [0.5, 0.6) is 0 Å². The molecule has 0 aromatic heterocycles. The molecule has 4 saturated carbocycles. The van der Waals surface area contributed by atoms with Crippen LogP contribution in [0.3, 0.4) is 0 Å². The zero-order chi connectivity index (χ0) is 23.5. The molecular weight excluding hydrogens is 392 g/mol. The predicted octanol–water partition coefficient (Wildman–Crippen LogP) is 7.00. The van der Waals surface area contributed by atoms with Crippen molar-refractivity contribution in [3.63, 3.8) is 0 Å². The predicted molar refractivity (Wildman–Crippen MR) is 132 cm³/mol. The van der Waals surface area contributed by atoms with Gasteiger partial charge in [-0.1, -0.05) is 67.0 Å². The lowest BCUT2D eigenvalue weighted by Gasteiger charge is -2.71. The maximum Gasteiger partial charge on any atom is 0.0637 e. The maximum atomic E-state index is 11.9. The third-order valence-electron chi connectivity index (χ3n) is 13.1. The van der Waals surface area contributed by atoms with E-state index in [0.717, 1.165) is 37.0 Å². The first-order valence-corrected chi connectivity index (χ1v) is 13.8. The normalized spacial score (nSPS) is 59.2. The van der Waals surface area contributed by atoms with Crippen LogP contribution in [0.1, 0.15) is 107 Å². The molecular formula is C30H50O2. The topological polar surface area (TPSA) is 40.5 Å². The molecule has 11 atom stereocenters. The molecule has 0 aromatic carbocycles. The Morgan fingerprint density at radius 2 is 1.50 bits per heavy atom. The molecule has 0 unspecified atom stereocenters. The van der Waals surface area contributed by atoms with Gasteiger partial charge >= 0.3 is 0 Å². The first kappa shape index (κ1) is 23.4. The van der Waals surface area contributed by atoms with Gasteiger partial charge in [-0.05, 0) is 103 Å². The Morgan fingerprint density at radius 3 is 2.19 bits per heavy atom. The van der Waals surface area contributed by atoms with Gasteiger partial charge in [-0.15, -0.1) is 0 Å². The summed E-state index contributed by atoms with van der Waals surface area (Å²) in [5, 5.41) is 22.8. The number of hydrogen-bond acceptors (Lipinski definition) is 2. The van der Waals surface area contributed by atoms with Gasteiger partial charge in [0.25, 0.3) is 0 Å². The van der Waals surface area contributed by atoms with Gasteiger partial charge in [-0.25, -0.2) is 0 Å². The van der Waals surface area contributed by atoms with Crippen molar-refractivity contribution in [2.75, 3.05) is 0 Å². The number of aliphatic hydroxyl groups is 2. The lowest BCUT2D eigenvalue weighted by molar-refractivity contribution is -0.219. The zero-order valence-corrected chi connectivity index (χ0v) is 22.2. The minimum atomic E-state index is -0.304. The molecule has 2 N–H and O–H groups in total. The summed E-state index contributed by atoms with van der Waals surface area (Å²) in [4.78, 5) is 0. The Kier molecular flexibility index (Phi) is 5.02. The molecule has 0 aliphatic heterocycles. The standard InChI is InChI=1S/C30H50O2/c1-18-9-13-27(5)14-10-21-29(7,25(27)19(18)2)15-11-20-28(6)16-12-23(31)26(3,4)22(28)17-24(32)30(20,21)8/h10,18-20,22-25,31-32H,9,11-17H2,1-8H3/t18-,19+,20-,22+,23+,24-,25-,27-,28-,29-,30-/m1/s1. The molecule has 0 spiro atoms. The van der Waals surface area contributed by atoms with E-state index in [1.54, 1.807) is 5.57 Å². The van der Waals surface area contributed by atoms with Crippen molar-refractivity contribution in [2.45, 2.75) is 119 Å². The van der Waals surface area contributed by atoms with Crippen LogP contribution < -0.4 is 0 Å². The summed E-state index contributed by atoms with van der Waals surface area (Å²) in [5.41, 5.74) is 2.20. The molecule has 0 amide bonds. The fourth-order valence-corrected chi connectivity index (χ4v) is 11.3. The van der Waals surface area contributed by atoms with Gasteiger partial charge in [0, 0.05) is 5.41 Å². The second-order valence-corrected chi connectivity index (χ2v) is 14.8. The van der Waals surface area contributed by atoms with E-state index < -0.39 is 0 Å². The second kappa shape index (κ2) is 6.87. The summed E-state index contributed by atoms with van der Waals surface area (Å²) in [6.07, 6.45) is 11.4. The summed E-state index contributed by atoms with van der Waals surface area (Å²) < 4.78 is 0. The van der Waals surface area contributed by atoms with Crippen molar-refractivity contribution >= 4 is 0 Å². The third kappa shape index (κ3) is 2.66. The number of rotatable bonds is 0. The van der Waals surface area contributed by atoms with E-state index in [2.05, 4.69) is 61.5 Å². The van der Waals surface area contributed by atoms with E-state index in [1.807, 2.05) is 0 Å². The number of aliphatic hydroxyl groups excluding tert-OH is 2. The highest BCUT2D eigenvalue weighted by Gasteiger charge is 2.69. The molecule has 0 heterocycles. The molecule has 0 saturated heterocycles. The Labute approximate surface area is 197 Å². The molecule has 5 rings (SSSR count). The van der Waals surface area contributed by atoms with E-state index >= 15 is 0 Å². The van der Waals surface area contributed by atoms with Crippen LogP contribution in [0.4, 0.5) is 0 Å². The van der Waals surface area contributed by atoms with Gasteiger partial charge in [0.1, 0.15) is 0 Å². The molecule has 4 fully saturated rings. The molecule has 5 aliphatic rings. The third-order valence-corrected chi connectivity index (χ3v) is 13.1. The highest BCUT2D eigenvalue weighted by Crippen LogP contribution is 2.74. The second-order valence-electron chi connectivity index (χ2n) is 14.8. The molecule has 32 heavy (non-hydrogen) atoms. The van der Waals surface area contributed by atoms with Crippen molar-refractivity contribution in [1.29, 1.82) is 0 Å². The van der Waals surface area contributed by atoms with Gasteiger partial charge in [-0.2, -0.15) is 0 Å². The first-order valence-electron chi connectivity index (χ1n) is 13.8. The molecule has 182 valence electrons. The molecule has 5 aliphatic carbocycles. The Hall–Kier alpha value is -0.340. The molecule has 0 bridgehead atoms. The van der Waals surface area contributed by atoms with E-state index in [9.17, 15) is 10.2 Å². The van der Waals surface area contributed by atoms with E-state index in [4.69, 9.17) is 0 Å². The van der Waals surface area contributed by atoms with Crippen molar-refractivity contribution in [2.24, 2.45) is 56.7 Å².